The molecule has 0 aliphatic carbocycles. The molecule has 0 aliphatic heterocycles. The summed E-state index contributed by atoms with van der Waals surface area (Å²) in [4.78, 5) is 9.21. The molecule has 0 amide bonds. The van der Waals surface area contributed by atoms with Crippen molar-refractivity contribution < 1.29 is 4.84 Å². The van der Waals surface area contributed by atoms with Crippen molar-refractivity contribution >= 4 is 10.9 Å². The first-order valence-corrected chi connectivity index (χ1v) is 4.87. The van der Waals surface area contributed by atoms with Crippen molar-refractivity contribution in [2.45, 2.75) is 19.4 Å². The highest BCUT2D eigenvalue weighted by Gasteiger charge is 2.20. The van der Waals surface area contributed by atoms with E-state index in [9.17, 15) is 0 Å². The molecule has 3 heteroatoms. The summed E-state index contributed by atoms with van der Waals surface area (Å²) in [6, 6.07) is 9.96. The first kappa shape index (κ1) is 10.1. The van der Waals surface area contributed by atoms with E-state index < -0.39 is 5.60 Å². The maximum Gasteiger partial charge on any atom is 0.109 e. The highest BCUT2D eigenvalue weighted by Crippen LogP contribution is 2.25. The molecule has 2 N–H and O–H groups in total. The number of pyridine rings is 1. The van der Waals surface area contributed by atoms with Crippen LogP contribution in [0.5, 0.6) is 0 Å². The van der Waals surface area contributed by atoms with E-state index in [1.165, 1.54) is 0 Å². The lowest BCUT2D eigenvalue weighted by Crippen LogP contribution is -2.25. The van der Waals surface area contributed by atoms with Crippen LogP contribution in [0.1, 0.15) is 19.4 Å². The van der Waals surface area contributed by atoms with E-state index in [1.54, 1.807) is 6.20 Å². The van der Waals surface area contributed by atoms with Gasteiger partial charge in [-0.3, -0.25) is 9.82 Å². The zero-order valence-corrected chi connectivity index (χ0v) is 8.90. The lowest BCUT2D eigenvalue weighted by Gasteiger charge is -2.22. The maximum atomic E-state index is 5.27. The molecule has 0 fully saturated rings. The number of fused-ring (bicyclic) bond motifs is 1. The standard InChI is InChI=1S/C12H14N2O/c1-12(2,15-13)10-5-6-11-9(8-10)4-3-7-14-11/h3-8H,13H2,1-2H3. The zero-order valence-electron chi connectivity index (χ0n) is 8.90. The Kier molecular flexibility index (Phi) is 2.42. The molecule has 0 unspecified atom stereocenters. The van der Waals surface area contributed by atoms with Crippen molar-refractivity contribution in [1.29, 1.82) is 0 Å². The second kappa shape index (κ2) is 3.61. The Balaban J connectivity index is 2.56. The van der Waals surface area contributed by atoms with E-state index in [1.807, 2.05) is 38.1 Å². The third-order valence-corrected chi connectivity index (χ3v) is 2.59. The topological polar surface area (TPSA) is 48.1 Å². The number of hydrogen-bond acceptors (Lipinski definition) is 3. The summed E-state index contributed by atoms with van der Waals surface area (Å²) < 4.78 is 0. The summed E-state index contributed by atoms with van der Waals surface area (Å²) in [5, 5.41) is 1.10. The molecule has 15 heavy (non-hydrogen) atoms. The van der Waals surface area contributed by atoms with Crippen LogP contribution < -0.4 is 5.90 Å². The van der Waals surface area contributed by atoms with Gasteiger partial charge in [-0.05, 0) is 37.6 Å². The fourth-order valence-electron chi connectivity index (χ4n) is 1.52. The van der Waals surface area contributed by atoms with Crippen molar-refractivity contribution in [3.8, 4) is 0 Å². The summed E-state index contributed by atoms with van der Waals surface area (Å²) in [6.45, 7) is 3.87. The molecule has 0 aliphatic rings. The minimum Gasteiger partial charge on any atom is -0.294 e. The van der Waals surface area contributed by atoms with Gasteiger partial charge in [0.2, 0.25) is 0 Å². The summed E-state index contributed by atoms with van der Waals surface area (Å²) in [5.74, 6) is 5.27. The molecule has 1 heterocycles. The lowest BCUT2D eigenvalue weighted by atomic mass is 9.97. The van der Waals surface area contributed by atoms with E-state index in [2.05, 4.69) is 11.1 Å². The second-order valence-corrected chi connectivity index (χ2v) is 4.04. The fourth-order valence-corrected chi connectivity index (χ4v) is 1.52. The van der Waals surface area contributed by atoms with Gasteiger partial charge in [0, 0.05) is 11.6 Å². The van der Waals surface area contributed by atoms with Gasteiger partial charge in [-0.1, -0.05) is 12.1 Å². The van der Waals surface area contributed by atoms with E-state index in [0.717, 1.165) is 16.5 Å². The molecule has 2 aromatic rings. The van der Waals surface area contributed by atoms with E-state index in [0.29, 0.717) is 0 Å². The average Bonchev–Trinajstić information content (AvgIpc) is 2.28. The van der Waals surface area contributed by atoms with E-state index >= 15 is 0 Å². The number of hydrogen-bond donors (Lipinski definition) is 1. The predicted molar refractivity (Wildman–Crippen MR) is 60.0 cm³/mol. The molecular formula is C12H14N2O. The van der Waals surface area contributed by atoms with Gasteiger partial charge in [-0.2, -0.15) is 0 Å². The fraction of sp³-hybridized carbons (Fsp3) is 0.250. The van der Waals surface area contributed by atoms with Crippen LogP contribution in [0.25, 0.3) is 10.9 Å². The van der Waals surface area contributed by atoms with Crippen LogP contribution in [0.3, 0.4) is 0 Å². The predicted octanol–water partition coefficient (Wildman–Crippen LogP) is 2.36. The van der Waals surface area contributed by atoms with Crippen LogP contribution in [0.2, 0.25) is 0 Å². The van der Waals surface area contributed by atoms with Crippen molar-refractivity contribution in [1.82, 2.24) is 4.98 Å². The van der Waals surface area contributed by atoms with Gasteiger partial charge in [0.05, 0.1) is 5.52 Å². The molecule has 3 nitrogen and oxygen atoms in total. The van der Waals surface area contributed by atoms with Gasteiger partial charge >= 0.3 is 0 Å². The Morgan fingerprint density at radius 1 is 1.27 bits per heavy atom. The third-order valence-electron chi connectivity index (χ3n) is 2.59. The summed E-state index contributed by atoms with van der Waals surface area (Å²) in [7, 11) is 0. The molecule has 0 radical (unpaired) electrons. The van der Waals surface area contributed by atoms with Crippen LogP contribution in [0, 0.1) is 0 Å². The number of nitrogens with zero attached hydrogens (tertiary/aromatic N) is 1. The average molecular weight is 202 g/mol. The van der Waals surface area contributed by atoms with Gasteiger partial charge < -0.3 is 0 Å². The highest BCUT2D eigenvalue weighted by molar-refractivity contribution is 5.79. The van der Waals surface area contributed by atoms with E-state index in [-0.39, 0.29) is 0 Å². The zero-order chi connectivity index (χ0) is 10.9. The van der Waals surface area contributed by atoms with Gasteiger partial charge in [-0.25, -0.2) is 5.90 Å². The first-order chi connectivity index (χ1) is 7.13. The summed E-state index contributed by atoms with van der Waals surface area (Å²) >= 11 is 0. The maximum absolute atomic E-state index is 5.27. The molecule has 78 valence electrons. The Labute approximate surface area is 88.8 Å². The van der Waals surface area contributed by atoms with Crippen molar-refractivity contribution in [3.63, 3.8) is 0 Å². The number of rotatable bonds is 2. The molecular weight excluding hydrogens is 188 g/mol. The van der Waals surface area contributed by atoms with Gasteiger partial charge in [0.25, 0.3) is 0 Å². The van der Waals surface area contributed by atoms with Crippen LogP contribution in [0.15, 0.2) is 36.5 Å². The van der Waals surface area contributed by atoms with Crippen LogP contribution in [0.4, 0.5) is 0 Å². The second-order valence-electron chi connectivity index (χ2n) is 4.04. The quantitative estimate of drug-likeness (QED) is 0.760. The summed E-state index contributed by atoms with van der Waals surface area (Å²) in [5.41, 5.74) is 1.56. The monoisotopic (exact) mass is 202 g/mol. The lowest BCUT2D eigenvalue weighted by molar-refractivity contribution is -0.0235. The number of nitrogens with two attached hydrogens (primary N) is 1. The van der Waals surface area contributed by atoms with Crippen molar-refractivity contribution in [2.24, 2.45) is 5.90 Å². The Bertz CT molecular complexity index is 480. The Hall–Kier alpha value is -1.45. The minimum absolute atomic E-state index is 0.468. The molecule has 2 rings (SSSR count). The smallest absolute Gasteiger partial charge is 0.109 e. The minimum atomic E-state index is -0.468. The molecule has 1 aromatic carbocycles. The molecule has 0 bridgehead atoms. The summed E-state index contributed by atoms with van der Waals surface area (Å²) in [6.07, 6.45) is 1.78. The van der Waals surface area contributed by atoms with Crippen molar-refractivity contribution in [2.75, 3.05) is 0 Å². The molecule has 0 spiro atoms. The van der Waals surface area contributed by atoms with E-state index in [4.69, 9.17) is 10.7 Å². The van der Waals surface area contributed by atoms with Gasteiger partial charge in [-0.15, -0.1) is 0 Å². The Morgan fingerprint density at radius 2 is 2.07 bits per heavy atom. The Morgan fingerprint density at radius 3 is 2.80 bits per heavy atom. The first-order valence-electron chi connectivity index (χ1n) is 4.87. The number of aromatic nitrogens is 1. The SMILES string of the molecule is CC(C)(ON)c1ccc2ncccc2c1. The number of benzene rings is 1. The van der Waals surface area contributed by atoms with Gasteiger partial charge in [0.1, 0.15) is 5.60 Å². The van der Waals surface area contributed by atoms with Crippen molar-refractivity contribution in [3.05, 3.63) is 42.1 Å². The molecule has 0 saturated carbocycles. The van der Waals surface area contributed by atoms with Crippen LogP contribution in [-0.4, -0.2) is 4.98 Å². The normalized spacial score (nSPS) is 11.9. The van der Waals surface area contributed by atoms with Crippen LogP contribution in [-0.2, 0) is 10.4 Å². The molecule has 0 saturated heterocycles. The molecule has 0 atom stereocenters. The van der Waals surface area contributed by atoms with Crippen LogP contribution >= 0.6 is 0 Å². The van der Waals surface area contributed by atoms with Gasteiger partial charge in [0.15, 0.2) is 0 Å². The highest BCUT2D eigenvalue weighted by atomic mass is 16.6. The largest absolute Gasteiger partial charge is 0.294 e. The molecule has 1 aromatic heterocycles. The third kappa shape index (κ3) is 1.84.